The third-order valence-corrected chi connectivity index (χ3v) is 4.93. The summed E-state index contributed by atoms with van der Waals surface area (Å²) in [5, 5.41) is 7.33. The van der Waals surface area contributed by atoms with Gasteiger partial charge >= 0.3 is 0 Å². The SMILES string of the molecule is Cc1ccc(SCCNC(=O)c2ccc(-n3nc(C)cc3C)nc2)cc1. The van der Waals surface area contributed by atoms with Crippen LogP contribution in [0.4, 0.5) is 0 Å². The molecule has 134 valence electrons. The number of pyridine rings is 1. The summed E-state index contributed by atoms with van der Waals surface area (Å²) >= 11 is 1.73. The normalized spacial score (nSPS) is 10.7. The van der Waals surface area contributed by atoms with Gasteiger partial charge in [0.1, 0.15) is 0 Å². The van der Waals surface area contributed by atoms with Crippen molar-refractivity contribution >= 4 is 17.7 Å². The number of hydrogen-bond acceptors (Lipinski definition) is 4. The summed E-state index contributed by atoms with van der Waals surface area (Å²) in [5.41, 5.74) is 3.76. The summed E-state index contributed by atoms with van der Waals surface area (Å²) in [4.78, 5) is 17.8. The fourth-order valence-electron chi connectivity index (χ4n) is 2.58. The fraction of sp³-hybridized carbons (Fsp3) is 0.250. The maximum atomic E-state index is 12.2. The molecule has 0 aliphatic rings. The number of hydrogen-bond donors (Lipinski definition) is 1. The van der Waals surface area contributed by atoms with E-state index in [-0.39, 0.29) is 5.91 Å². The molecule has 0 bridgehead atoms. The first-order chi connectivity index (χ1) is 12.5. The molecule has 1 N–H and O–H groups in total. The van der Waals surface area contributed by atoms with E-state index in [4.69, 9.17) is 0 Å². The molecule has 0 radical (unpaired) electrons. The number of carbonyl (C=O) groups excluding carboxylic acids is 1. The molecule has 2 aromatic heterocycles. The lowest BCUT2D eigenvalue weighted by atomic mass is 10.2. The second kappa shape index (κ2) is 8.19. The summed E-state index contributed by atoms with van der Waals surface area (Å²) in [6.07, 6.45) is 1.59. The third kappa shape index (κ3) is 4.52. The van der Waals surface area contributed by atoms with Gasteiger partial charge in [-0.25, -0.2) is 9.67 Å². The van der Waals surface area contributed by atoms with E-state index in [9.17, 15) is 4.79 Å². The highest BCUT2D eigenvalue weighted by Crippen LogP contribution is 2.17. The Morgan fingerprint density at radius 1 is 1.12 bits per heavy atom. The largest absolute Gasteiger partial charge is 0.351 e. The zero-order valence-electron chi connectivity index (χ0n) is 15.2. The Morgan fingerprint density at radius 2 is 1.88 bits per heavy atom. The number of nitrogens with zero attached hydrogens (tertiary/aromatic N) is 3. The molecule has 26 heavy (non-hydrogen) atoms. The summed E-state index contributed by atoms with van der Waals surface area (Å²) in [5.74, 6) is 1.43. The van der Waals surface area contributed by atoms with Crippen LogP contribution in [-0.4, -0.2) is 33.0 Å². The van der Waals surface area contributed by atoms with Crippen molar-refractivity contribution in [1.29, 1.82) is 0 Å². The first-order valence-electron chi connectivity index (χ1n) is 8.50. The van der Waals surface area contributed by atoms with Gasteiger partial charge in [0.05, 0.1) is 11.3 Å². The maximum absolute atomic E-state index is 12.2. The molecule has 6 heteroatoms. The first kappa shape index (κ1) is 18.2. The number of aromatic nitrogens is 3. The van der Waals surface area contributed by atoms with Crippen LogP contribution in [0.1, 0.15) is 27.3 Å². The topological polar surface area (TPSA) is 59.8 Å². The van der Waals surface area contributed by atoms with Crippen molar-refractivity contribution in [3.63, 3.8) is 0 Å². The average molecular weight is 366 g/mol. The van der Waals surface area contributed by atoms with Crippen molar-refractivity contribution < 1.29 is 4.79 Å². The second-order valence-corrected chi connectivity index (χ2v) is 7.33. The molecule has 3 rings (SSSR count). The highest BCUT2D eigenvalue weighted by Gasteiger charge is 2.08. The van der Waals surface area contributed by atoms with Crippen LogP contribution in [0, 0.1) is 20.8 Å². The van der Waals surface area contributed by atoms with Gasteiger partial charge in [0.15, 0.2) is 5.82 Å². The molecule has 3 aromatic rings. The summed E-state index contributed by atoms with van der Waals surface area (Å²) in [7, 11) is 0. The molecule has 2 heterocycles. The molecule has 1 amide bonds. The second-order valence-electron chi connectivity index (χ2n) is 6.16. The van der Waals surface area contributed by atoms with Crippen LogP contribution in [0.2, 0.25) is 0 Å². The Hall–Kier alpha value is -2.60. The number of rotatable bonds is 6. The Morgan fingerprint density at radius 3 is 2.50 bits per heavy atom. The lowest BCUT2D eigenvalue weighted by molar-refractivity contribution is 0.0956. The van der Waals surface area contributed by atoms with Gasteiger partial charge in [-0.3, -0.25) is 4.79 Å². The zero-order valence-corrected chi connectivity index (χ0v) is 16.0. The number of carbonyl (C=O) groups is 1. The molecule has 0 saturated heterocycles. The molecule has 0 atom stereocenters. The molecule has 5 nitrogen and oxygen atoms in total. The lowest BCUT2D eigenvalue weighted by Crippen LogP contribution is -2.25. The molecule has 0 fully saturated rings. The maximum Gasteiger partial charge on any atom is 0.252 e. The Bertz CT molecular complexity index is 885. The van der Waals surface area contributed by atoms with E-state index in [1.165, 1.54) is 10.5 Å². The zero-order chi connectivity index (χ0) is 18.5. The monoisotopic (exact) mass is 366 g/mol. The van der Waals surface area contributed by atoms with Crippen molar-refractivity contribution in [2.75, 3.05) is 12.3 Å². The molecule has 1 aromatic carbocycles. The van der Waals surface area contributed by atoms with Gasteiger partial charge in [0.2, 0.25) is 0 Å². The van der Waals surface area contributed by atoms with E-state index in [0.717, 1.165) is 17.1 Å². The Kier molecular flexibility index (Phi) is 5.73. The molecule has 0 aliphatic heterocycles. The van der Waals surface area contributed by atoms with Crippen molar-refractivity contribution in [1.82, 2.24) is 20.1 Å². The summed E-state index contributed by atoms with van der Waals surface area (Å²) < 4.78 is 1.77. The van der Waals surface area contributed by atoms with Crippen LogP contribution >= 0.6 is 11.8 Å². The standard InChI is InChI=1S/C20H22N4OS/c1-14-4-7-18(8-5-14)26-11-10-21-20(25)17-6-9-19(22-13-17)24-16(3)12-15(2)23-24/h4-9,12-13H,10-11H2,1-3H3,(H,21,25). The number of aryl methyl sites for hydroxylation is 3. The van der Waals surface area contributed by atoms with Crippen molar-refractivity contribution in [2.24, 2.45) is 0 Å². The molecular formula is C20H22N4OS. The van der Waals surface area contributed by atoms with Crippen molar-refractivity contribution in [3.8, 4) is 5.82 Å². The number of amides is 1. The van der Waals surface area contributed by atoms with Crippen molar-refractivity contribution in [2.45, 2.75) is 25.7 Å². The van der Waals surface area contributed by atoms with E-state index in [0.29, 0.717) is 17.9 Å². The minimum Gasteiger partial charge on any atom is -0.351 e. The smallest absolute Gasteiger partial charge is 0.252 e. The minimum absolute atomic E-state index is 0.109. The van der Waals surface area contributed by atoms with Gasteiger partial charge in [-0.1, -0.05) is 17.7 Å². The van der Waals surface area contributed by atoms with E-state index >= 15 is 0 Å². The molecule has 0 saturated carbocycles. The molecule has 0 spiro atoms. The Balaban J connectivity index is 1.51. The van der Waals surface area contributed by atoms with Crippen LogP contribution in [0.25, 0.3) is 5.82 Å². The number of nitrogens with one attached hydrogen (secondary N) is 1. The van der Waals surface area contributed by atoms with Crippen molar-refractivity contribution in [3.05, 3.63) is 71.2 Å². The van der Waals surface area contributed by atoms with Gasteiger partial charge in [0.25, 0.3) is 5.91 Å². The summed E-state index contributed by atoms with van der Waals surface area (Å²) in [6.45, 7) is 6.60. The quantitative estimate of drug-likeness (QED) is 0.534. The van der Waals surface area contributed by atoms with Gasteiger partial charge < -0.3 is 5.32 Å². The lowest BCUT2D eigenvalue weighted by Gasteiger charge is -2.07. The van der Waals surface area contributed by atoms with E-state index < -0.39 is 0 Å². The fourth-order valence-corrected chi connectivity index (χ4v) is 3.34. The van der Waals surface area contributed by atoms with E-state index in [1.54, 1.807) is 28.7 Å². The van der Waals surface area contributed by atoms with Crippen LogP contribution in [0.3, 0.4) is 0 Å². The van der Waals surface area contributed by atoms with Gasteiger partial charge in [-0.15, -0.1) is 11.8 Å². The van der Waals surface area contributed by atoms with E-state index in [1.807, 2.05) is 26.0 Å². The first-order valence-corrected chi connectivity index (χ1v) is 9.49. The number of benzene rings is 1. The summed E-state index contributed by atoms with van der Waals surface area (Å²) in [6, 6.07) is 14.0. The number of thioether (sulfide) groups is 1. The third-order valence-electron chi connectivity index (χ3n) is 3.91. The molecular weight excluding hydrogens is 344 g/mol. The van der Waals surface area contributed by atoms with E-state index in [2.05, 4.69) is 46.6 Å². The minimum atomic E-state index is -0.109. The van der Waals surface area contributed by atoms with Gasteiger partial charge in [-0.2, -0.15) is 5.10 Å². The molecule has 0 aliphatic carbocycles. The highest BCUT2D eigenvalue weighted by molar-refractivity contribution is 7.99. The predicted octanol–water partition coefficient (Wildman–Crippen LogP) is 3.71. The predicted molar refractivity (Wildman–Crippen MR) is 105 cm³/mol. The molecule has 0 unspecified atom stereocenters. The van der Waals surface area contributed by atoms with Gasteiger partial charge in [0, 0.05) is 29.1 Å². The average Bonchev–Trinajstić information content (AvgIpc) is 2.98. The van der Waals surface area contributed by atoms with Crippen LogP contribution in [0.5, 0.6) is 0 Å². The van der Waals surface area contributed by atoms with Crippen LogP contribution < -0.4 is 5.32 Å². The van der Waals surface area contributed by atoms with Gasteiger partial charge in [-0.05, 0) is 51.1 Å². The highest BCUT2D eigenvalue weighted by atomic mass is 32.2. The van der Waals surface area contributed by atoms with Crippen LogP contribution in [0.15, 0.2) is 53.6 Å². The Labute approximate surface area is 157 Å². The van der Waals surface area contributed by atoms with Crippen LogP contribution in [-0.2, 0) is 0 Å².